The third kappa shape index (κ3) is 2.71. The van der Waals surface area contributed by atoms with Crippen molar-refractivity contribution in [1.82, 2.24) is 4.31 Å². The van der Waals surface area contributed by atoms with Crippen LogP contribution in [0.1, 0.15) is 32.6 Å². The van der Waals surface area contributed by atoms with E-state index in [9.17, 15) is 8.42 Å². The van der Waals surface area contributed by atoms with Gasteiger partial charge in [-0.15, -0.1) is 0 Å². The van der Waals surface area contributed by atoms with Crippen LogP contribution in [0.15, 0.2) is 29.2 Å². The fourth-order valence-electron chi connectivity index (χ4n) is 2.46. The van der Waals surface area contributed by atoms with Gasteiger partial charge >= 0.3 is 0 Å². The molecule has 1 aromatic carbocycles. The molecule has 18 heavy (non-hydrogen) atoms. The Balaban J connectivity index is 2.35. The summed E-state index contributed by atoms with van der Waals surface area (Å²) in [5.41, 5.74) is 0. The predicted octanol–water partition coefficient (Wildman–Crippen LogP) is 3.29. The maximum Gasteiger partial charge on any atom is 0.243 e. The molecule has 1 unspecified atom stereocenters. The van der Waals surface area contributed by atoms with Crippen LogP contribution >= 0.6 is 11.6 Å². The first kappa shape index (κ1) is 13.8. The number of piperidine rings is 1. The first-order valence-electron chi connectivity index (χ1n) is 6.33. The predicted molar refractivity (Wildman–Crippen MR) is 73.3 cm³/mol. The van der Waals surface area contributed by atoms with E-state index in [2.05, 4.69) is 0 Å². The molecular formula is C13H18ClNO2S. The highest BCUT2D eigenvalue weighted by atomic mass is 35.5. The molecule has 1 fully saturated rings. The summed E-state index contributed by atoms with van der Waals surface area (Å²) in [6.45, 7) is 2.66. The average Bonchev–Trinajstić information content (AvgIpc) is 2.38. The van der Waals surface area contributed by atoms with Crippen LogP contribution in [0.2, 0.25) is 5.02 Å². The van der Waals surface area contributed by atoms with Crippen molar-refractivity contribution in [3.8, 4) is 0 Å². The normalized spacial score (nSPS) is 22.0. The molecule has 1 saturated heterocycles. The third-order valence-corrected chi connectivity index (χ3v) is 5.63. The highest BCUT2D eigenvalue weighted by Gasteiger charge is 2.32. The Morgan fingerprint density at radius 1 is 1.39 bits per heavy atom. The second kappa shape index (κ2) is 5.59. The van der Waals surface area contributed by atoms with Crippen LogP contribution in [-0.4, -0.2) is 25.3 Å². The zero-order valence-corrected chi connectivity index (χ0v) is 12.0. The van der Waals surface area contributed by atoms with Gasteiger partial charge < -0.3 is 0 Å². The van der Waals surface area contributed by atoms with E-state index in [1.807, 2.05) is 6.92 Å². The molecule has 1 aliphatic rings. The number of nitrogens with zero attached hydrogens (tertiary/aromatic N) is 1. The number of hydrogen-bond donors (Lipinski definition) is 0. The summed E-state index contributed by atoms with van der Waals surface area (Å²) in [6.07, 6.45) is 3.87. The second-order valence-corrected chi connectivity index (χ2v) is 6.96. The average molecular weight is 288 g/mol. The van der Waals surface area contributed by atoms with Crippen molar-refractivity contribution in [3.05, 3.63) is 29.3 Å². The molecule has 1 aromatic rings. The first-order valence-corrected chi connectivity index (χ1v) is 8.15. The third-order valence-electron chi connectivity index (χ3n) is 3.45. The van der Waals surface area contributed by atoms with Gasteiger partial charge in [0.15, 0.2) is 0 Å². The van der Waals surface area contributed by atoms with Gasteiger partial charge in [0.2, 0.25) is 10.0 Å². The lowest BCUT2D eigenvalue weighted by Gasteiger charge is -2.34. The minimum atomic E-state index is -3.40. The lowest BCUT2D eigenvalue weighted by atomic mass is 10.0. The standard InChI is InChI=1S/C13H18ClNO2S/c1-2-12-7-3-4-9-15(12)18(16,17)13-8-5-6-11(14)10-13/h5-6,8,10,12H,2-4,7,9H2,1H3. The molecule has 2 rings (SSSR count). The molecule has 0 aromatic heterocycles. The van der Waals surface area contributed by atoms with Gasteiger partial charge in [-0.3, -0.25) is 0 Å². The molecule has 0 amide bonds. The van der Waals surface area contributed by atoms with E-state index in [0.717, 1.165) is 25.7 Å². The zero-order valence-electron chi connectivity index (χ0n) is 10.5. The van der Waals surface area contributed by atoms with E-state index in [-0.39, 0.29) is 6.04 Å². The van der Waals surface area contributed by atoms with Gasteiger partial charge in [-0.25, -0.2) is 8.42 Å². The molecule has 5 heteroatoms. The Labute approximate surface area is 114 Å². The molecule has 0 aliphatic carbocycles. The van der Waals surface area contributed by atoms with E-state index >= 15 is 0 Å². The smallest absolute Gasteiger partial charge is 0.207 e. The van der Waals surface area contributed by atoms with E-state index in [1.165, 1.54) is 6.07 Å². The van der Waals surface area contributed by atoms with Gasteiger partial charge in [0.25, 0.3) is 0 Å². The molecule has 1 aliphatic heterocycles. The van der Waals surface area contributed by atoms with Gasteiger partial charge in [0, 0.05) is 17.6 Å². The highest BCUT2D eigenvalue weighted by Crippen LogP contribution is 2.27. The Kier molecular flexibility index (Phi) is 4.30. The van der Waals surface area contributed by atoms with Crippen LogP contribution in [0, 0.1) is 0 Å². The summed E-state index contributed by atoms with van der Waals surface area (Å²) in [4.78, 5) is 0.301. The van der Waals surface area contributed by atoms with Crippen LogP contribution in [0.25, 0.3) is 0 Å². The van der Waals surface area contributed by atoms with Crippen molar-refractivity contribution >= 4 is 21.6 Å². The summed E-state index contributed by atoms with van der Waals surface area (Å²) in [7, 11) is -3.40. The Bertz CT molecular complexity index is 515. The summed E-state index contributed by atoms with van der Waals surface area (Å²) < 4.78 is 26.8. The van der Waals surface area contributed by atoms with Gasteiger partial charge in [-0.2, -0.15) is 4.31 Å². The van der Waals surface area contributed by atoms with Gasteiger partial charge in [-0.1, -0.05) is 31.0 Å². The topological polar surface area (TPSA) is 37.4 Å². The maximum atomic E-state index is 12.6. The maximum absolute atomic E-state index is 12.6. The summed E-state index contributed by atoms with van der Waals surface area (Å²) in [6, 6.07) is 6.64. The van der Waals surface area contributed by atoms with Gasteiger partial charge in [0.05, 0.1) is 4.90 Å². The van der Waals surface area contributed by atoms with Gasteiger partial charge in [0.1, 0.15) is 0 Å². The monoisotopic (exact) mass is 287 g/mol. The van der Waals surface area contributed by atoms with Crippen LogP contribution < -0.4 is 0 Å². The first-order chi connectivity index (χ1) is 8.55. The largest absolute Gasteiger partial charge is 0.243 e. The van der Waals surface area contributed by atoms with E-state index in [4.69, 9.17) is 11.6 Å². The number of hydrogen-bond acceptors (Lipinski definition) is 2. The van der Waals surface area contributed by atoms with E-state index < -0.39 is 10.0 Å². The molecule has 1 heterocycles. The summed E-state index contributed by atoms with van der Waals surface area (Å²) in [5, 5.41) is 0.459. The van der Waals surface area contributed by atoms with Crippen molar-refractivity contribution in [1.29, 1.82) is 0 Å². The van der Waals surface area contributed by atoms with Gasteiger partial charge in [-0.05, 0) is 37.5 Å². The fourth-order valence-corrected chi connectivity index (χ4v) is 4.53. The van der Waals surface area contributed by atoms with E-state index in [0.29, 0.717) is 16.5 Å². The van der Waals surface area contributed by atoms with Crippen LogP contribution in [0.4, 0.5) is 0 Å². The lowest BCUT2D eigenvalue weighted by Crippen LogP contribution is -2.43. The molecular weight excluding hydrogens is 270 g/mol. The lowest BCUT2D eigenvalue weighted by molar-refractivity contribution is 0.246. The minimum Gasteiger partial charge on any atom is -0.207 e. The molecule has 0 saturated carbocycles. The molecule has 0 spiro atoms. The van der Waals surface area contributed by atoms with Crippen LogP contribution in [-0.2, 0) is 10.0 Å². The van der Waals surface area contributed by atoms with Crippen molar-refractivity contribution in [2.24, 2.45) is 0 Å². The molecule has 0 bridgehead atoms. The van der Waals surface area contributed by atoms with Crippen molar-refractivity contribution < 1.29 is 8.42 Å². The Hall–Kier alpha value is -0.580. The Morgan fingerprint density at radius 2 is 2.17 bits per heavy atom. The summed E-state index contributed by atoms with van der Waals surface area (Å²) in [5.74, 6) is 0. The quantitative estimate of drug-likeness (QED) is 0.855. The highest BCUT2D eigenvalue weighted by molar-refractivity contribution is 7.89. The SMILES string of the molecule is CCC1CCCCN1S(=O)(=O)c1cccc(Cl)c1. The minimum absolute atomic E-state index is 0.128. The van der Waals surface area contributed by atoms with Crippen molar-refractivity contribution in [3.63, 3.8) is 0 Å². The van der Waals surface area contributed by atoms with Crippen LogP contribution in [0.3, 0.4) is 0 Å². The number of sulfonamides is 1. The van der Waals surface area contributed by atoms with E-state index in [1.54, 1.807) is 22.5 Å². The number of halogens is 1. The molecule has 100 valence electrons. The fraction of sp³-hybridized carbons (Fsp3) is 0.538. The second-order valence-electron chi connectivity index (χ2n) is 4.63. The van der Waals surface area contributed by atoms with Crippen LogP contribution in [0.5, 0.6) is 0 Å². The molecule has 3 nitrogen and oxygen atoms in total. The number of benzene rings is 1. The molecule has 1 atom stereocenters. The van der Waals surface area contributed by atoms with Crippen molar-refractivity contribution in [2.45, 2.75) is 43.5 Å². The molecule has 0 N–H and O–H groups in total. The zero-order chi connectivity index (χ0) is 13.2. The number of rotatable bonds is 3. The molecule has 0 radical (unpaired) electrons. The summed E-state index contributed by atoms with van der Waals surface area (Å²) >= 11 is 5.88. The van der Waals surface area contributed by atoms with Crippen molar-refractivity contribution in [2.75, 3.05) is 6.54 Å². The Morgan fingerprint density at radius 3 is 2.83 bits per heavy atom.